The van der Waals surface area contributed by atoms with E-state index in [1.165, 1.54) is 11.3 Å². The quantitative estimate of drug-likeness (QED) is 0.0434. The van der Waals surface area contributed by atoms with Gasteiger partial charge in [-0.1, -0.05) is 72.7 Å². The maximum absolute atomic E-state index is 13.7. The first-order chi connectivity index (χ1) is 35.4. The van der Waals surface area contributed by atoms with Crippen molar-refractivity contribution in [3.63, 3.8) is 0 Å². The fraction of sp³-hybridized carbons (Fsp3) is 0.345. The fourth-order valence-corrected chi connectivity index (χ4v) is 11.4. The summed E-state index contributed by atoms with van der Waals surface area (Å²) in [6.07, 6.45) is 5.89. The third-order valence-corrected chi connectivity index (χ3v) is 15.3. The average molecular weight is 1000 g/mol. The summed E-state index contributed by atoms with van der Waals surface area (Å²) in [4.78, 5) is 78.0. The number of carbonyl (C=O) groups excluding carboxylic acids is 4. The monoisotopic (exact) mass is 1000 g/mol. The SMILES string of the molecule is Cc1c(OCCO[C@H]2CCCC[C@@H](N(C)CC(=O)Nc3cccc4c(C5CCC(=O)NC5=O)nn(C)c34)C2)cccc1-c1ccc(N2CCc3cccc(C(=O)Nc4nc5ccccc5s4)c3C2)nc1C(=O)O. The molecule has 0 spiro atoms. The predicted octanol–water partition coefficient (Wildman–Crippen LogP) is 8.25. The molecule has 17 nitrogen and oxygen atoms in total. The molecule has 4 amide bonds. The number of nitrogens with one attached hydrogen (secondary N) is 3. The van der Waals surface area contributed by atoms with Gasteiger partial charge in [0.2, 0.25) is 17.7 Å². The zero-order chi connectivity index (χ0) is 50.8. The molecule has 2 aliphatic heterocycles. The highest BCUT2D eigenvalue weighted by molar-refractivity contribution is 7.22. The van der Waals surface area contributed by atoms with E-state index in [9.17, 15) is 29.1 Å². The molecule has 4 N–H and O–H groups in total. The first-order valence-corrected chi connectivity index (χ1v) is 25.6. The molecular weight excluding hydrogens is 947 g/mol. The molecule has 1 aliphatic carbocycles. The molecule has 73 heavy (non-hydrogen) atoms. The van der Waals surface area contributed by atoms with Crippen molar-refractivity contribution in [2.45, 2.75) is 82.9 Å². The lowest BCUT2D eigenvalue weighted by Gasteiger charge is -2.31. The first kappa shape index (κ1) is 49.1. The molecule has 5 heterocycles. The fourth-order valence-electron chi connectivity index (χ4n) is 10.6. The lowest BCUT2D eigenvalue weighted by Crippen LogP contribution is -2.39. The van der Waals surface area contributed by atoms with E-state index >= 15 is 0 Å². The summed E-state index contributed by atoms with van der Waals surface area (Å²) in [6, 6.07) is 28.4. The molecular formula is C55H57N9O8S. The molecule has 0 bridgehead atoms. The predicted molar refractivity (Wildman–Crippen MR) is 279 cm³/mol. The van der Waals surface area contributed by atoms with Gasteiger partial charge in [0.1, 0.15) is 18.2 Å². The van der Waals surface area contributed by atoms with Crippen LogP contribution in [0.4, 0.5) is 16.6 Å². The molecule has 18 heteroatoms. The summed E-state index contributed by atoms with van der Waals surface area (Å²) in [6.45, 7) is 3.70. The molecule has 4 aromatic carbocycles. The van der Waals surface area contributed by atoms with Crippen LogP contribution in [0.1, 0.15) is 94.1 Å². The number of nitrogens with zero attached hydrogens (tertiary/aromatic N) is 6. The Balaban J connectivity index is 0.743. The van der Waals surface area contributed by atoms with Crippen LogP contribution in [0.15, 0.2) is 91.0 Å². The number of aryl methyl sites for hydroxylation is 1. The number of carboxylic acid groups (broad SMARTS) is 1. The number of rotatable bonds is 15. The lowest BCUT2D eigenvalue weighted by molar-refractivity contribution is -0.134. The van der Waals surface area contributed by atoms with Gasteiger partial charge in [-0.25, -0.2) is 14.8 Å². The summed E-state index contributed by atoms with van der Waals surface area (Å²) in [7, 11) is 3.75. The van der Waals surface area contributed by atoms with Gasteiger partial charge in [0, 0.05) is 49.1 Å². The minimum Gasteiger partial charge on any atom is -0.491 e. The Morgan fingerprint density at radius 3 is 2.55 bits per heavy atom. The van der Waals surface area contributed by atoms with Crippen molar-refractivity contribution in [1.82, 2.24) is 30.0 Å². The molecule has 1 saturated carbocycles. The van der Waals surface area contributed by atoms with E-state index in [0.717, 1.165) is 64.4 Å². The largest absolute Gasteiger partial charge is 0.491 e. The number of pyridine rings is 1. The highest BCUT2D eigenvalue weighted by Gasteiger charge is 2.33. The number of fused-ring (bicyclic) bond motifs is 3. The van der Waals surface area contributed by atoms with Crippen LogP contribution in [0, 0.1) is 6.92 Å². The summed E-state index contributed by atoms with van der Waals surface area (Å²) >= 11 is 1.42. The van der Waals surface area contributed by atoms with Crippen molar-refractivity contribution in [2.24, 2.45) is 7.05 Å². The van der Waals surface area contributed by atoms with Crippen molar-refractivity contribution in [2.75, 3.05) is 48.9 Å². The molecule has 1 unspecified atom stereocenters. The summed E-state index contributed by atoms with van der Waals surface area (Å²) in [5.74, 6) is -1.63. The number of aromatic nitrogens is 4. The van der Waals surface area contributed by atoms with Gasteiger partial charge in [-0.15, -0.1) is 0 Å². The second kappa shape index (κ2) is 21.3. The topological polar surface area (TPSA) is 210 Å². The number of hydrogen-bond donors (Lipinski definition) is 4. The summed E-state index contributed by atoms with van der Waals surface area (Å²) < 4.78 is 15.4. The smallest absolute Gasteiger partial charge is 0.355 e. The van der Waals surface area contributed by atoms with Gasteiger partial charge in [0.25, 0.3) is 5.91 Å². The zero-order valence-corrected chi connectivity index (χ0v) is 41.8. The lowest BCUT2D eigenvalue weighted by atomic mass is 9.92. The number of carboxylic acids is 1. The van der Waals surface area contributed by atoms with Gasteiger partial charge in [-0.05, 0) is 111 Å². The van der Waals surface area contributed by atoms with Crippen LogP contribution < -0.4 is 25.6 Å². The van der Waals surface area contributed by atoms with E-state index in [2.05, 4.69) is 30.9 Å². The van der Waals surface area contributed by atoms with Gasteiger partial charge in [-0.2, -0.15) is 5.10 Å². The van der Waals surface area contributed by atoms with Crippen molar-refractivity contribution in [3.05, 3.63) is 125 Å². The second-order valence-corrected chi connectivity index (χ2v) is 20.1. The first-order valence-electron chi connectivity index (χ1n) is 24.8. The molecule has 3 atom stereocenters. The Bertz CT molecular complexity index is 3250. The second-order valence-electron chi connectivity index (χ2n) is 19.0. The Morgan fingerprint density at radius 2 is 1.71 bits per heavy atom. The number of imide groups is 1. The molecule has 376 valence electrons. The van der Waals surface area contributed by atoms with Gasteiger partial charge in [0.15, 0.2) is 10.8 Å². The molecule has 10 rings (SSSR count). The van der Waals surface area contributed by atoms with E-state index in [0.29, 0.717) is 82.8 Å². The third-order valence-electron chi connectivity index (χ3n) is 14.3. The standard InChI is InChI=1S/C55H57N9O8S/c1-32-36(37-21-23-46(58-50(37)54(69)70)64-26-25-33-11-8-15-38(41(33)30-64)52(67)60-55-57-42-17-6-7-20-45(42)73-55)14-10-19-44(32)72-28-27-71-35-13-5-4-12-34(29-35)62(2)31-48(66)56-43-18-9-16-39-49(61-63(3)51(39)43)40-22-24-47(65)59-53(40)68/h6-11,14-21,23,34-35,40H,4-5,12-13,22,24-31H2,1-3H3,(H,56,66)(H,69,70)(H,57,60,67)(H,59,65,68)/t34-,35+,40?/m1/s1. The van der Waals surface area contributed by atoms with Crippen LogP contribution in [0.5, 0.6) is 5.75 Å². The highest BCUT2D eigenvalue weighted by Crippen LogP contribution is 2.36. The highest BCUT2D eigenvalue weighted by atomic mass is 32.1. The number of carbonyl (C=O) groups is 5. The number of likely N-dealkylation sites (N-methyl/N-ethyl adjacent to an activating group) is 1. The number of piperidine rings is 1. The molecule has 7 aromatic rings. The van der Waals surface area contributed by atoms with Gasteiger partial charge in [0.05, 0.1) is 52.3 Å². The van der Waals surface area contributed by atoms with Crippen LogP contribution >= 0.6 is 11.3 Å². The summed E-state index contributed by atoms with van der Waals surface area (Å²) in [5.41, 5.74) is 7.06. The van der Waals surface area contributed by atoms with Crippen molar-refractivity contribution < 1.29 is 38.6 Å². The van der Waals surface area contributed by atoms with Crippen LogP contribution in [-0.4, -0.2) is 105 Å². The average Bonchev–Trinajstić information content (AvgIpc) is 3.85. The minimum atomic E-state index is -1.15. The molecule has 0 radical (unpaired) electrons. The number of ether oxygens (including phenoxy) is 2. The number of benzene rings is 4. The Labute approximate surface area is 425 Å². The van der Waals surface area contributed by atoms with E-state index in [1.54, 1.807) is 17.8 Å². The maximum Gasteiger partial charge on any atom is 0.355 e. The van der Waals surface area contributed by atoms with E-state index in [1.807, 2.05) is 104 Å². The van der Waals surface area contributed by atoms with Crippen LogP contribution in [-0.2, 0) is 39.1 Å². The van der Waals surface area contributed by atoms with E-state index < -0.39 is 11.9 Å². The number of amides is 4. The molecule has 1 saturated heterocycles. The molecule has 2 fully saturated rings. The van der Waals surface area contributed by atoms with Crippen LogP contribution in [0.3, 0.4) is 0 Å². The number of para-hydroxylation sites is 2. The third kappa shape index (κ3) is 10.5. The van der Waals surface area contributed by atoms with Gasteiger partial charge < -0.3 is 24.8 Å². The van der Waals surface area contributed by atoms with Crippen molar-refractivity contribution >= 4 is 78.7 Å². The molecule has 3 aliphatic rings. The van der Waals surface area contributed by atoms with Gasteiger partial charge in [-0.3, -0.25) is 39.4 Å². The van der Waals surface area contributed by atoms with Crippen molar-refractivity contribution in [3.8, 4) is 16.9 Å². The zero-order valence-electron chi connectivity index (χ0n) is 41.0. The number of anilines is 3. The maximum atomic E-state index is 13.7. The Morgan fingerprint density at radius 1 is 0.890 bits per heavy atom. The molecule has 3 aromatic heterocycles. The Kier molecular flexibility index (Phi) is 14.3. The van der Waals surface area contributed by atoms with Crippen LogP contribution in [0.25, 0.3) is 32.2 Å². The number of aromatic carboxylic acids is 1. The number of thiazole rings is 1. The van der Waals surface area contributed by atoms with E-state index in [4.69, 9.17) is 14.5 Å². The normalized spacial score (nSPS) is 18.1. The number of hydrogen-bond acceptors (Lipinski definition) is 13. The summed E-state index contributed by atoms with van der Waals surface area (Å²) in [5, 5.41) is 24.9. The minimum absolute atomic E-state index is 0.0211. The van der Waals surface area contributed by atoms with Crippen molar-refractivity contribution in [1.29, 1.82) is 0 Å². The van der Waals surface area contributed by atoms with Crippen LogP contribution in [0.2, 0.25) is 0 Å². The Hall–Kier alpha value is -7.54. The van der Waals surface area contributed by atoms with Gasteiger partial charge >= 0.3 is 5.97 Å². The van der Waals surface area contributed by atoms with E-state index in [-0.39, 0.29) is 61.0 Å².